The fourth-order valence-corrected chi connectivity index (χ4v) is 2.78. The number of pyridine rings is 1. The smallest absolute Gasteiger partial charge is 0.165 e. The van der Waals surface area contributed by atoms with Crippen LogP contribution in [-0.2, 0) is 6.42 Å². The molecule has 0 saturated heterocycles. The largest absolute Gasteiger partial charge is 0.294 e. The van der Waals surface area contributed by atoms with E-state index in [1.165, 1.54) is 0 Å². The first kappa shape index (κ1) is 10.5. The predicted octanol–water partition coefficient (Wildman–Crippen LogP) is 3.31. The zero-order valence-electron chi connectivity index (χ0n) is 10.2. The summed E-state index contributed by atoms with van der Waals surface area (Å²) >= 11 is 0. The van der Waals surface area contributed by atoms with Crippen molar-refractivity contribution >= 4 is 16.7 Å². The highest BCUT2D eigenvalue weighted by atomic mass is 16.1. The third-order valence-corrected chi connectivity index (χ3v) is 3.58. The first-order valence-electron chi connectivity index (χ1n) is 6.08. The second-order valence-corrected chi connectivity index (χ2v) is 5.01. The SMILES string of the molecule is Cc1c2c(nc3ccccc13)CC(C)CC2=O. The van der Waals surface area contributed by atoms with Crippen molar-refractivity contribution in [2.24, 2.45) is 5.92 Å². The van der Waals surface area contributed by atoms with Crippen molar-refractivity contribution in [3.05, 3.63) is 41.1 Å². The highest BCUT2D eigenvalue weighted by molar-refractivity contribution is 6.03. The molecule has 1 aromatic heterocycles. The number of fused-ring (bicyclic) bond motifs is 2. The lowest BCUT2D eigenvalue weighted by atomic mass is 9.84. The van der Waals surface area contributed by atoms with Gasteiger partial charge < -0.3 is 0 Å². The summed E-state index contributed by atoms with van der Waals surface area (Å²) in [6.07, 6.45) is 1.58. The monoisotopic (exact) mass is 225 g/mol. The van der Waals surface area contributed by atoms with Gasteiger partial charge in [0.2, 0.25) is 0 Å². The Morgan fingerprint density at radius 3 is 2.82 bits per heavy atom. The molecule has 0 aliphatic heterocycles. The number of benzene rings is 1. The van der Waals surface area contributed by atoms with Gasteiger partial charge in [0.05, 0.1) is 11.2 Å². The molecule has 1 heterocycles. The number of aryl methyl sites for hydroxylation is 1. The molecule has 2 heteroatoms. The number of carbonyl (C=O) groups excluding carboxylic acids is 1. The Bertz CT molecular complexity index is 616. The number of nitrogens with zero attached hydrogens (tertiary/aromatic N) is 1. The van der Waals surface area contributed by atoms with Crippen LogP contribution >= 0.6 is 0 Å². The highest BCUT2D eigenvalue weighted by Crippen LogP contribution is 2.30. The van der Waals surface area contributed by atoms with E-state index < -0.39 is 0 Å². The van der Waals surface area contributed by atoms with Crippen molar-refractivity contribution in [2.45, 2.75) is 26.7 Å². The summed E-state index contributed by atoms with van der Waals surface area (Å²) < 4.78 is 0. The van der Waals surface area contributed by atoms with Crippen LogP contribution in [0.25, 0.3) is 10.9 Å². The van der Waals surface area contributed by atoms with Crippen LogP contribution < -0.4 is 0 Å². The van der Waals surface area contributed by atoms with Crippen LogP contribution in [-0.4, -0.2) is 10.8 Å². The molecule has 2 aromatic rings. The van der Waals surface area contributed by atoms with Gasteiger partial charge in [0, 0.05) is 17.4 Å². The minimum absolute atomic E-state index is 0.259. The third kappa shape index (κ3) is 1.55. The molecule has 3 rings (SSSR count). The number of hydrogen-bond acceptors (Lipinski definition) is 2. The van der Waals surface area contributed by atoms with Crippen molar-refractivity contribution in [3.8, 4) is 0 Å². The molecule has 1 aliphatic rings. The number of para-hydroxylation sites is 1. The number of rotatable bonds is 0. The number of aromatic nitrogens is 1. The van der Waals surface area contributed by atoms with Gasteiger partial charge in [-0.05, 0) is 30.9 Å². The summed E-state index contributed by atoms with van der Waals surface area (Å²) in [5, 5.41) is 1.11. The Morgan fingerprint density at radius 1 is 1.24 bits per heavy atom. The molecule has 1 aromatic carbocycles. The summed E-state index contributed by atoms with van der Waals surface area (Å²) in [4.78, 5) is 16.8. The van der Waals surface area contributed by atoms with Crippen LogP contribution in [0.15, 0.2) is 24.3 Å². The van der Waals surface area contributed by atoms with Crippen LogP contribution in [0.5, 0.6) is 0 Å². The average molecular weight is 225 g/mol. The maximum atomic E-state index is 12.1. The molecule has 2 nitrogen and oxygen atoms in total. The zero-order valence-corrected chi connectivity index (χ0v) is 10.2. The van der Waals surface area contributed by atoms with Crippen molar-refractivity contribution < 1.29 is 4.79 Å². The van der Waals surface area contributed by atoms with Gasteiger partial charge in [-0.25, -0.2) is 0 Å². The quantitative estimate of drug-likeness (QED) is 0.688. The molecule has 0 saturated carbocycles. The van der Waals surface area contributed by atoms with E-state index in [0.717, 1.165) is 34.1 Å². The Kier molecular flexibility index (Phi) is 2.25. The molecule has 1 unspecified atom stereocenters. The molecule has 0 spiro atoms. The Morgan fingerprint density at radius 2 is 2.00 bits per heavy atom. The van der Waals surface area contributed by atoms with E-state index in [9.17, 15) is 4.79 Å². The van der Waals surface area contributed by atoms with Gasteiger partial charge in [-0.15, -0.1) is 0 Å². The number of Topliss-reactive ketones (excluding diaryl/α,β-unsaturated/α-hetero) is 1. The average Bonchev–Trinajstić information content (AvgIpc) is 2.28. The molecular weight excluding hydrogens is 210 g/mol. The summed E-state index contributed by atoms with van der Waals surface area (Å²) in [6, 6.07) is 8.06. The molecule has 0 N–H and O–H groups in total. The van der Waals surface area contributed by atoms with Gasteiger partial charge in [0.1, 0.15) is 0 Å². The number of hydrogen-bond donors (Lipinski definition) is 0. The van der Waals surface area contributed by atoms with Gasteiger partial charge in [0.15, 0.2) is 5.78 Å². The fraction of sp³-hybridized carbons (Fsp3) is 0.333. The Labute approximate surface area is 101 Å². The van der Waals surface area contributed by atoms with Gasteiger partial charge in [-0.3, -0.25) is 9.78 Å². The normalized spacial score (nSPS) is 19.4. The van der Waals surface area contributed by atoms with Crippen LogP contribution in [0.4, 0.5) is 0 Å². The molecule has 0 bridgehead atoms. The van der Waals surface area contributed by atoms with Crippen LogP contribution in [0, 0.1) is 12.8 Å². The second-order valence-electron chi connectivity index (χ2n) is 5.01. The molecule has 0 fully saturated rings. The second kappa shape index (κ2) is 3.66. The Balaban J connectivity index is 2.35. The van der Waals surface area contributed by atoms with Crippen molar-refractivity contribution in [3.63, 3.8) is 0 Å². The van der Waals surface area contributed by atoms with E-state index in [2.05, 4.69) is 11.9 Å². The van der Waals surface area contributed by atoms with Crippen LogP contribution in [0.3, 0.4) is 0 Å². The van der Waals surface area contributed by atoms with E-state index in [1.54, 1.807) is 0 Å². The van der Waals surface area contributed by atoms with Crippen LogP contribution in [0.2, 0.25) is 0 Å². The Hall–Kier alpha value is -1.70. The lowest BCUT2D eigenvalue weighted by Gasteiger charge is -2.22. The first-order chi connectivity index (χ1) is 8.16. The van der Waals surface area contributed by atoms with E-state index in [4.69, 9.17) is 0 Å². The fourth-order valence-electron chi connectivity index (χ4n) is 2.78. The molecule has 86 valence electrons. The van der Waals surface area contributed by atoms with E-state index >= 15 is 0 Å². The molecule has 0 radical (unpaired) electrons. The highest BCUT2D eigenvalue weighted by Gasteiger charge is 2.26. The summed E-state index contributed by atoms with van der Waals surface area (Å²) in [5.41, 5.74) is 3.97. The predicted molar refractivity (Wildman–Crippen MR) is 68.3 cm³/mol. The van der Waals surface area contributed by atoms with E-state index in [0.29, 0.717) is 12.3 Å². The lowest BCUT2D eigenvalue weighted by Crippen LogP contribution is -2.20. The summed E-state index contributed by atoms with van der Waals surface area (Å²) in [7, 11) is 0. The molecule has 1 aliphatic carbocycles. The van der Waals surface area contributed by atoms with Crippen molar-refractivity contribution in [1.82, 2.24) is 4.98 Å². The lowest BCUT2D eigenvalue weighted by molar-refractivity contribution is 0.0951. The maximum Gasteiger partial charge on any atom is 0.165 e. The minimum atomic E-state index is 0.259. The van der Waals surface area contributed by atoms with Crippen molar-refractivity contribution in [2.75, 3.05) is 0 Å². The summed E-state index contributed by atoms with van der Waals surface area (Å²) in [6.45, 7) is 4.16. The van der Waals surface area contributed by atoms with E-state index in [-0.39, 0.29) is 5.78 Å². The van der Waals surface area contributed by atoms with Gasteiger partial charge in [-0.1, -0.05) is 25.1 Å². The first-order valence-corrected chi connectivity index (χ1v) is 6.08. The number of ketones is 1. The van der Waals surface area contributed by atoms with Gasteiger partial charge in [-0.2, -0.15) is 0 Å². The van der Waals surface area contributed by atoms with Gasteiger partial charge in [0.25, 0.3) is 0 Å². The molecular formula is C15H15NO. The topological polar surface area (TPSA) is 30.0 Å². The summed E-state index contributed by atoms with van der Waals surface area (Å²) in [5.74, 6) is 0.678. The van der Waals surface area contributed by atoms with Gasteiger partial charge >= 0.3 is 0 Å². The van der Waals surface area contributed by atoms with E-state index in [1.807, 2.05) is 31.2 Å². The van der Waals surface area contributed by atoms with Crippen LogP contribution in [0.1, 0.15) is 35.0 Å². The maximum absolute atomic E-state index is 12.1. The zero-order chi connectivity index (χ0) is 12.0. The van der Waals surface area contributed by atoms with Crippen molar-refractivity contribution in [1.29, 1.82) is 0 Å². The third-order valence-electron chi connectivity index (χ3n) is 3.58. The molecule has 0 amide bonds. The molecule has 17 heavy (non-hydrogen) atoms. The standard InChI is InChI=1S/C15H15NO/c1-9-7-13-15(14(17)8-9)10(2)11-5-3-4-6-12(11)16-13/h3-6,9H,7-8H2,1-2H3. The number of carbonyl (C=O) groups is 1. The molecule has 1 atom stereocenters. The minimum Gasteiger partial charge on any atom is -0.294 e.